The van der Waals surface area contributed by atoms with Gasteiger partial charge in [-0.25, -0.2) is 0 Å². The number of carbonyl (C=O) groups excluding carboxylic acids is 2. The summed E-state index contributed by atoms with van der Waals surface area (Å²) in [4.78, 5) is 22.8. The van der Waals surface area contributed by atoms with Crippen LogP contribution in [0.15, 0.2) is 24.3 Å². The zero-order valence-electron chi connectivity index (χ0n) is 26.6. The number of fused-ring (bicyclic) bond motifs is 1. The normalized spacial score (nSPS) is 16.8. The molecule has 0 spiro atoms. The van der Waals surface area contributed by atoms with E-state index in [1.807, 2.05) is 12.1 Å². The van der Waals surface area contributed by atoms with Crippen molar-refractivity contribution in [2.45, 2.75) is 57.4 Å². The number of unbranched alkanes of at least 4 members (excludes halogenated alkanes) is 3. The molecule has 0 unspecified atom stereocenters. The molecule has 0 saturated heterocycles. The highest BCUT2D eigenvalue weighted by Crippen LogP contribution is 2.48. The summed E-state index contributed by atoms with van der Waals surface area (Å²) in [5.41, 5.74) is 3.33. The van der Waals surface area contributed by atoms with Gasteiger partial charge in [0.15, 0.2) is 23.0 Å². The second-order valence-corrected chi connectivity index (χ2v) is 10.8. The summed E-state index contributed by atoms with van der Waals surface area (Å²) in [7, 11) is 10.3. The lowest BCUT2D eigenvalue weighted by Gasteiger charge is -2.46. The summed E-state index contributed by atoms with van der Waals surface area (Å²) in [5, 5.41) is 10.5. The molecule has 2 aromatic rings. The molecule has 44 heavy (non-hydrogen) atoms. The van der Waals surface area contributed by atoms with Crippen molar-refractivity contribution in [3.05, 3.63) is 41.0 Å². The highest BCUT2D eigenvalue weighted by Gasteiger charge is 2.41. The maximum atomic E-state index is 12.3. The molecule has 0 fully saturated rings. The van der Waals surface area contributed by atoms with Gasteiger partial charge >= 0.3 is 5.97 Å². The molecule has 2 aromatic carbocycles. The number of hydrogen-bond acceptors (Lipinski definition) is 9. The summed E-state index contributed by atoms with van der Waals surface area (Å²) >= 11 is 0. The van der Waals surface area contributed by atoms with E-state index >= 15 is 0 Å². The number of aliphatic carboxylic acids is 1. The van der Waals surface area contributed by atoms with Crippen LogP contribution in [0.25, 0.3) is 0 Å². The maximum absolute atomic E-state index is 12.3. The molecule has 0 aliphatic carbocycles. The second-order valence-electron chi connectivity index (χ2n) is 10.8. The van der Waals surface area contributed by atoms with Crippen molar-refractivity contribution in [1.82, 2.24) is 0 Å². The molecule has 2 atom stereocenters. The largest absolute Gasteiger partial charge is 0.550 e. The Balaban J connectivity index is 0.00000484. The number of halogens is 2. The van der Waals surface area contributed by atoms with Gasteiger partial charge in [-0.15, -0.1) is 24.8 Å². The van der Waals surface area contributed by atoms with Crippen LogP contribution in [0.2, 0.25) is 0 Å². The zero-order chi connectivity index (χ0) is 30.7. The number of carboxylic acid groups (broad SMARTS) is 1. The topological polar surface area (TPSA) is 113 Å². The average Bonchev–Trinajstić information content (AvgIpc) is 2.99. The highest BCUT2D eigenvalue weighted by atomic mass is 35.5. The van der Waals surface area contributed by atoms with Crippen molar-refractivity contribution in [2.75, 3.05) is 62.3 Å². The van der Waals surface area contributed by atoms with Crippen LogP contribution in [0.5, 0.6) is 28.7 Å². The zero-order valence-corrected chi connectivity index (χ0v) is 28.2. The Kier molecular flexibility index (Phi) is 16.5. The molecule has 1 aliphatic rings. The van der Waals surface area contributed by atoms with Gasteiger partial charge in [0, 0.05) is 36.4 Å². The number of carboxylic acids is 1. The molecule has 248 valence electrons. The predicted octanol–water partition coefficient (Wildman–Crippen LogP) is 4.69. The van der Waals surface area contributed by atoms with Crippen LogP contribution in [0, 0.1) is 0 Å². The molecular formula is C32H47Cl2NO9. The summed E-state index contributed by atoms with van der Waals surface area (Å²) in [6, 6.07) is 8.04. The SMILES string of the molecule is COc1cc2c(cc1OC)[C@@H](c1cc(OC)c(OC)c(OC)c1)[N@+](C)(CCCOC(=O)CCCCCCC(=O)[O-])CC2.Cl.Cl. The monoisotopic (exact) mass is 659 g/mol. The first-order valence-electron chi connectivity index (χ1n) is 14.5. The lowest BCUT2D eigenvalue weighted by molar-refractivity contribution is -0.935. The van der Waals surface area contributed by atoms with Gasteiger partial charge in [-0.2, -0.15) is 0 Å². The Hall–Kier alpha value is -3.08. The van der Waals surface area contributed by atoms with E-state index < -0.39 is 5.97 Å². The first-order valence-corrected chi connectivity index (χ1v) is 14.5. The predicted molar refractivity (Wildman–Crippen MR) is 170 cm³/mol. The van der Waals surface area contributed by atoms with Gasteiger partial charge in [-0.3, -0.25) is 4.79 Å². The fourth-order valence-electron chi connectivity index (χ4n) is 5.86. The Morgan fingerprint density at radius 1 is 0.773 bits per heavy atom. The Labute approximate surface area is 273 Å². The van der Waals surface area contributed by atoms with Crippen molar-refractivity contribution < 1.29 is 47.6 Å². The minimum absolute atomic E-state index is 0. The fourth-order valence-corrected chi connectivity index (χ4v) is 5.86. The molecule has 0 saturated carbocycles. The van der Waals surface area contributed by atoms with Crippen molar-refractivity contribution in [1.29, 1.82) is 0 Å². The minimum Gasteiger partial charge on any atom is -0.550 e. The lowest BCUT2D eigenvalue weighted by atomic mass is 9.85. The number of esters is 1. The lowest BCUT2D eigenvalue weighted by Crippen LogP contribution is -2.52. The highest BCUT2D eigenvalue weighted by molar-refractivity contribution is 5.85. The molecular weight excluding hydrogens is 613 g/mol. The van der Waals surface area contributed by atoms with Gasteiger partial charge in [-0.1, -0.05) is 12.8 Å². The van der Waals surface area contributed by atoms with Gasteiger partial charge in [0.2, 0.25) is 5.75 Å². The first-order chi connectivity index (χ1) is 20.2. The van der Waals surface area contributed by atoms with Crippen molar-refractivity contribution in [3.63, 3.8) is 0 Å². The molecule has 1 aliphatic heterocycles. The second kappa shape index (κ2) is 18.7. The van der Waals surface area contributed by atoms with Gasteiger partial charge < -0.3 is 42.8 Å². The molecule has 1 heterocycles. The molecule has 0 N–H and O–H groups in total. The third kappa shape index (κ3) is 9.71. The summed E-state index contributed by atoms with van der Waals surface area (Å²) in [5.74, 6) is 1.80. The molecule has 10 nitrogen and oxygen atoms in total. The van der Waals surface area contributed by atoms with Gasteiger partial charge in [0.25, 0.3) is 0 Å². The molecule has 3 rings (SSSR count). The Morgan fingerprint density at radius 2 is 1.34 bits per heavy atom. The molecule has 0 bridgehead atoms. The number of ether oxygens (including phenoxy) is 6. The van der Waals surface area contributed by atoms with Crippen LogP contribution in [0.4, 0.5) is 0 Å². The van der Waals surface area contributed by atoms with Gasteiger partial charge in [-0.05, 0) is 49.1 Å². The van der Waals surface area contributed by atoms with E-state index in [1.54, 1.807) is 35.5 Å². The van der Waals surface area contributed by atoms with Crippen molar-refractivity contribution in [2.24, 2.45) is 0 Å². The molecule has 12 heteroatoms. The van der Waals surface area contributed by atoms with Crippen LogP contribution >= 0.6 is 24.8 Å². The van der Waals surface area contributed by atoms with Crippen LogP contribution < -0.4 is 28.8 Å². The van der Waals surface area contributed by atoms with Gasteiger partial charge in [0.1, 0.15) is 6.04 Å². The minimum atomic E-state index is -1.03. The number of hydrogen-bond donors (Lipinski definition) is 0. The first kappa shape index (κ1) is 38.9. The number of methoxy groups -OCH3 is 5. The summed E-state index contributed by atoms with van der Waals surface area (Å²) < 4.78 is 34.5. The van der Waals surface area contributed by atoms with E-state index in [2.05, 4.69) is 19.2 Å². The number of quaternary nitrogens is 1. The van der Waals surface area contributed by atoms with Crippen molar-refractivity contribution in [3.8, 4) is 28.7 Å². The number of carbonyl (C=O) groups is 2. The van der Waals surface area contributed by atoms with E-state index in [-0.39, 0.29) is 43.2 Å². The summed E-state index contributed by atoms with van der Waals surface area (Å²) in [6.45, 7) is 1.97. The standard InChI is InChI=1S/C32H45NO9.2ClH/c1-33(15-11-17-42-30(36)13-10-8-7-9-12-29(34)35)16-14-22-18-25(37-2)26(38-3)21-24(22)31(33)23-19-27(39-4)32(41-6)28(20-23)40-5;;/h18-21,31H,7-17H2,1-6H3;2*1H/t31-,33-;;/m1../s1. The van der Waals surface area contributed by atoms with Crippen LogP contribution in [0.3, 0.4) is 0 Å². The number of nitrogens with zero attached hydrogens (tertiary/aromatic N) is 1. The number of rotatable bonds is 17. The molecule has 0 radical (unpaired) electrons. The number of likely N-dealkylation sites (N-methyl/N-ethyl adjacent to an activating group) is 1. The van der Waals surface area contributed by atoms with E-state index in [0.717, 1.165) is 43.5 Å². The molecule has 0 amide bonds. The smallest absolute Gasteiger partial charge is 0.305 e. The van der Waals surface area contributed by atoms with Crippen LogP contribution in [0.1, 0.15) is 67.7 Å². The van der Waals surface area contributed by atoms with E-state index in [1.165, 1.54) is 5.56 Å². The Morgan fingerprint density at radius 3 is 1.89 bits per heavy atom. The maximum Gasteiger partial charge on any atom is 0.305 e. The van der Waals surface area contributed by atoms with E-state index in [9.17, 15) is 14.7 Å². The van der Waals surface area contributed by atoms with Crippen LogP contribution in [-0.2, 0) is 20.7 Å². The summed E-state index contributed by atoms with van der Waals surface area (Å²) in [6.07, 6.45) is 4.75. The van der Waals surface area contributed by atoms with Crippen LogP contribution in [-0.4, -0.2) is 78.7 Å². The number of benzene rings is 2. The van der Waals surface area contributed by atoms with Crippen molar-refractivity contribution >= 4 is 36.8 Å². The quantitative estimate of drug-likeness (QED) is 0.136. The van der Waals surface area contributed by atoms with Gasteiger partial charge in [0.05, 0.1) is 62.3 Å². The third-order valence-corrected chi connectivity index (χ3v) is 8.05. The average molecular weight is 661 g/mol. The Bertz CT molecular complexity index is 1200. The third-order valence-electron chi connectivity index (χ3n) is 8.05. The fraction of sp³-hybridized carbons (Fsp3) is 0.562. The van der Waals surface area contributed by atoms with E-state index in [0.29, 0.717) is 65.5 Å². The molecule has 0 aromatic heterocycles. The van der Waals surface area contributed by atoms with E-state index in [4.69, 9.17) is 28.4 Å².